The molecule has 1 aromatic heterocycles. The van der Waals surface area contributed by atoms with Crippen LogP contribution >= 0.6 is 0 Å². The van der Waals surface area contributed by atoms with E-state index in [-0.39, 0.29) is 10.8 Å². The summed E-state index contributed by atoms with van der Waals surface area (Å²) in [7, 11) is -3.75. The molecule has 108 valence electrons. The third-order valence-corrected chi connectivity index (χ3v) is 4.56. The van der Waals surface area contributed by atoms with Gasteiger partial charge in [-0.1, -0.05) is 18.1 Å². The lowest BCUT2D eigenvalue weighted by Gasteiger charge is -2.10. The molecule has 0 spiro atoms. The van der Waals surface area contributed by atoms with Gasteiger partial charge in [0.05, 0.1) is 10.6 Å². The second kappa shape index (κ2) is 5.16. The van der Waals surface area contributed by atoms with Crippen LogP contribution < -0.4 is 10.5 Å². The number of aryl methyl sites for hydroxylation is 2. The number of rotatable bonds is 4. The molecular weight excluding hydrogens is 278 g/mol. The normalized spacial score (nSPS) is 11.6. The standard InChI is InChI=1S/C13H17N3O3S/c1-4-10-5-6-11(14)7-12(10)20(17,18)16-13-8(2)9(3)15-19-13/h5-7,16H,4,14H2,1-3H3. The molecule has 0 radical (unpaired) electrons. The van der Waals surface area contributed by atoms with Crippen LogP contribution in [0.25, 0.3) is 0 Å². The zero-order valence-corrected chi connectivity index (χ0v) is 12.4. The first kappa shape index (κ1) is 14.4. The molecule has 1 aromatic carbocycles. The molecule has 3 N–H and O–H groups in total. The van der Waals surface area contributed by atoms with Crippen LogP contribution in [-0.4, -0.2) is 13.6 Å². The molecule has 20 heavy (non-hydrogen) atoms. The minimum absolute atomic E-state index is 0.131. The molecule has 0 saturated carbocycles. The summed E-state index contributed by atoms with van der Waals surface area (Å²) in [6.07, 6.45) is 0.588. The van der Waals surface area contributed by atoms with Crippen molar-refractivity contribution in [2.75, 3.05) is 10.5 Å². The van der Waals surface area contributed by atoms with Crippen molar-refractivity contribution in [1.29, 1.82) is 0 Å². The lowest BCUT2D eigenvalue weighted by atomic mass is 10.1. The summed E-state index contributed by atoms with van der Waals surface area (Å²) < 4.78 is 32.3. The van der Waals surface area contributed by atoms with E-state index in [0.29, 0.717) is 28.9 Å². The van der Waals surface area contributed by atoms with E-state index in [9.17, 15) is 8.42 Å². The van der Waals surface area contributed by atoms with Crippen LogP contribution in [0.15, 0.2) is 27.6 Å². The van der Waals surface area contributed by atoms with E-state index >= 15 is 0 Å². The molecule has 0 amide bonds. The molecule has 0 aliphatic rings. The third-order valence-electron chi connectivity index (χ3n) is 3.15. The average molecular weight is 295 g/mol. The average Bonchev–Trinajstić information content (AvgIpc) is 2.70. The maximum atomic E-state index is 12.4. The highest BCUT2D eigenvalue weighted by Gasteiger charge is 2.21. The Kier molecular flexibility index (Phi) is 3.71. The summed E-state index contributed by atoms with van der Waals surface area (Å²) in [5.41, 5.74) is 8.08. The summed E-state index contributed by atoms with van der Waals surface area (Å²) in [5, 5.41) is 3.73. The van der Waals surface area contributed by atoms with Crippen LogP contribution in [-0.2, 0) is 16.4 Å². The largest absolute Gasteiger partial charge is 0.399 e. The number of aromatic nitrogens is 1. The van der Waals surface area contributed by atoms with Crippen molar-refractivity contribution in [3.8, 4) is 0 Å². The Morgan fingerprint density at radius 1 is 1.35 bits per heavy atom. The molecular formula is C13H17N3O3S. The second-order valence-electron chi connectivity index (χ2n) is 4.55. The molecule has 0 saturated heterocycles. The van der Waals surface area contributed by atoms with Crippen molar-refractivity contribution in [3.63, 3.8) is 0 Å². The Morgan fingerprint density at radius 2 is 2.05 bits per heavy atom. The van der Waals surface area contributed by atoms with Gasteiger partial charge < -0.3 is 10.3 Å². The summed E-state index contributed by atoms with van der Waals surface area (Å²) in [5.74, 6) is 0.131. The number of hydrogen-bond donors (Lipinski definition) is 2. The van der Waals surface area contributed by atoms with Crippen LogP contribution in [0, 0.1) is 13.8 Å². The number of anilines is 2. The van der Waals surface area contributed by atoms with Gasteiger partial charge in [-0.3, -0.25) is 0 Å². The quantitative estimate of drug-likeness (QED) is 0.843. The van der Waals surface area contributed by atoms with E-state index in [0.717, 1.165) is 0 Å². The number of nitrogen functional groups attached to an aromatic ring is 1. The fourth-order valence-corrected chi connectivity index (χ4v) is 3.19. The highest BCUT2D eigenvalue weighted by Crippen LogP contribution is 2.25. The number of nitrogens with one attached hydrogen (secondary N) is 1. The van der Waals surface area contributed by atoms with E-state index in [1.807, 2.05) is 6.92 Å². The first-order valence-corrected chi connectivity index (χ1v) is 7.67. The fraction of sp³-hybridized carbons (Fsp3) is 0.308. The lowest BCUT2D eigenvalue weighted by molar-refractivity contribution is 0.430. The Bertz CT molecular complexity index is 735. The summed E-state index contributed by atoms with van der Waals surface area (Å²) >= 11 is 0. The predicted octanol–water partition coefficient (Wildman–Crippen LogP) is 2.24. The molecule has 0 unspecified atom stereocenters. The summed E-state index contributed by atoms with van der Waals surface area (Å²) in [4.78, 5) is 0.161. The maximum Gasteiger partial charge on any atom is 0.264 e. The summed E-state index contributed by atoms with van der Waals surface area (Å²) in [6, 6.07) is 4.84. The molecule has 2 rings (SSSR count). The van der Waals surface area contributed by atoms with Crippen molar-refractivity contribution >= 4 is 21.6 Å². The van der Waals surface area contributed by atoms with Gasteiger partial charge in [0, 0.05) is 11.3 Å². The molecule has 0 fully saturated rings. The van der Waals surface area contributed by atoms with E-state index in [4.69, 9.17) is 10.3 Å². The number of nitrogens with zero attached hydrogens (tertiary/aromatic N) is 1. The Hall–Kier alpha value is -2.02. The number of nitrogens with two attached hydrogens (primary N) is 1. The van der Waals surface area contributed by atoms with Crippen LogP contribution in [0.1, 0.15) is 23.7 Å². The van der Waals surface area contributed by atoms with Gasteiger partial charge in [0.25, 0.3) is 10.0 Å². The first-order valence-electron chi connectivity index (χ1n) is 6.19. The monoisotopic (exact) mass is 295 g/mol. The predicted molar refractivity (Wildman–Crippen MR) is 77.0 cm³/mol. The van der Waals surface area contributed by atoms with Gasteiger partial charge in [-0.15, -0.1) is 0 Å². The highest BCUT2D eigenvalue weighted by molar-refractivity contribution is 7.92. The number of benzene rings is 1. The van der Waals surface area contributed by atoms with Crippen LogP contribution in [0.3, 0.4) is 0 Å². The zero-order chi connectivity index (χ0) is 14.9. The van der Waals surface area contributed by atoms with Crippen LogP contribution in [0.5, 0.6) is 0 Å². The maximum absolute atomic E-state index is 12.4. The van der Waals surface area contributed by atoms with E-state index in [1.54, 1.807) is 26.0 Å². The fourth-order valence-electron chi connectivity index (χ4n) is 1.80. The van der Waals surface area contributed by atoms with Crippen molar-refractivity contribution in [1.82, 2.24) is 5.16 Å². The first-order chi connectivity index (χ1) is 9.35. The van der Waals surface area contributed by atoms with Gasteiger partial charge in [-0.2, -0.15) is 0 Å². The molecule has 0 atom stereocenters. The number of sulfonamides is 1. The van der Waals surface area contributed by atoms with Gasteiger partial charge in [-0.25, -0.2) is 13.1 Å². The Morgan fingerprint density at radius 3 is 2.60 bits per heavy atom. The minimum Gasteiger partial charge on any atom is -0.399 e. The van der Waals surface area contributed by atoms with Crippen molar-refractivity contribution in [3.05, 3.63) is 35.0 Å². The van der Waals surface area contributed by atoms with Crippen molar-refractivity contribution in [2.45, 2.75) is 32.1 Å². The molecule has 0 aliphatic heterocycles. The Labute approximate surface area is 118 Å². The van der Waals surface area contributed by atoms with Gasteiger partial charge in [-0.05, 0) is 38.0 Å². The lowest BCUT2D eigenvalue weighted by Crippen LogP contribution is -2.15. The number of hydrogen-bond acceptors (Lipinski definition) is 5. The van der Waals surface area contributed by atoms with E-state index in [1.165, 1.54) is 6.07 Å². The third kappa shape index (κ3) is 2.62. The van der Waals surface area contributed by atoms with Gasteiger partial charge in [0.2, 0.25) is 5.88 Å². The second-order valence-corrected chi connectivity index (χ2v) is 6.20. The minimum atomic E-state index is -3.75. The summed E-state index contributed by atoms with van der Waals surface area (Å²) in [6.45, 7) is 5.37. The van der Waals surface area contributed by atoms with Crippen LogP contribution in [0.2, 0.25) is 0 Å². The zero-order valence-electron chi connectivity index (χ0n) is 11.6. The topological polar surface area (TPSA) is 98.2 Å². The highest BCUT2D eigenvalue weighted by atomic mass is 32.2. The molecule has 6 nitrogen and oxygen atoms in total. The molecule has 1 heterocycles. The van der Waals surface area contributed by atoms with Crippen molar-refractivity contribution in [2.24, 2.45) is 0 Å². The SMILES string of the molecule is CCc1ccc(N)cc1S(=O)(=O)Nc1onc(C)c1C. The molecule has 0 aliphatic carbocycles. The Balaban J connectivity index is 2.45. The van der Waals surface area contributed by atoms with Crippen LogP contribution in [0.4, 0.5) is 11.6 Å². The van der Waals surface area contributed by atoms with E-state index in [2.05, 4.69) is 9.88 Å². The van der Waals surface area contributed by atoms with E-state index < -0.39 is 10.0 Å². The molecule has 7 heteroatoms. The van der Waals surface area contributed by atoms with Gasteiger partial charge in [0.15, 0.2) is 0 Å². The van der Waals surface area contributed by atoms with Crippen molar-refractivity contribution < 1.29 is 12.9 Å². The smallest absolute Gasteiger partial charge is 0.264 e. The molecule has 2 aromatic rings. The molecule has 0 bridgehead atoms. The van der Waals surface area contributed by atoms with Gasteiger partial charge in [0.1, 0.15) is 0 Å². The van der Waals surface area contributed by atoms with Gasteiger partial charge >= 0.3 is 0 Å².